The third-order valence-electron chi connectivity index (χ3n) is 3.05. The second kappa shape index (κ2) is 5.87. The monoisotopic (exact) mass is 266 g/mol. The molecule has 1 aliphatic rings. The van der Waals surface area contributed by atoms with Gasteiger partial charge in [0.25, 0.3) is 5.91 Å². The van der Waals surface area contributed by atoms with E-state index in [9.17, 15) is 9.59 Å². The molecule has 1 saturated heterocycles. The van der Waals surface area contributed by atoms with Gasteiger partial charge in [0.1, 0.15) is 5.88 Å². The van der Waals surface area contributed by atoms with E-state index in [1.54, 1.807) is 21.9 Å². The summed E-state index contributed by atoms with van der Waals surface area (Å²) in [6.45, 7) is 2.25. The molecule has 5 heteroatoms. The first-order valence-corrected chi connectivity index (χ1v) is 6.44. The highest BCUT2D eigenvalue weighted by atomic mass is 35.5. The maximum atomic E-state index is 12.1. The fourth-order valence-corrected chi connectivity index (χ4v) is 2.18. The number of rotatable bonds is 2. The van der Waals surface area contributed by atoms with Gasteiger partial charge in [-0.2, -0.15) is 0 Å². The van der Waals surface area contributed by atoms with Crippen LogP contribution in [0.2, 0.25) is 0 Å². The van der Waals surface area contributed by atoms with Crippen molar-refractivity contribution in [2.45, 2.75) is 0 Å². The lowest BCUT2D eigenvalue weighted by Crippen LogP contribution is -2.50. The fourth-order valence-electron chi connectivity index (χ4n) is 2.01. The van der Waals surface area contributed by atoms with E-state index in [2.05, 4.69) is 0 Å². The van der Waals surface area contributed by atoms with E-state index >= 15 is 0 Å². The number of nitrogens with zero attached hydrogens (tertiary/aromatic N) is 2. The maximum Gasteiger partial charge on any atom is 0.253 e. The van der Waals surface area contributed by atoms with Gasteiger partial charge in [0, 0.05) is 31.7 Å². The van der Waals surface area contributed by atoms with E-state index < -0.39 is 0 Å². The third kappa shape index (κ3) is 2.82. The molecule has 0 unspecified atom stereocenters. The van der Waals surface area contributed by atoms with Gasteiger partial charge in [-0.25, -0.2) is 0 Å². The molecule has 96 valence electrons. The first-order valence-electron chi connectivity index (χ1n) is 5.90. The maximum absolute atomic E-state index is 12.1. The van der Waals surface area contributed by atoms with E-state index in [1.165, 1.54) is 0 Å². The quantitative estimate of drug-likeness (QED) is 0.755. The minimum Gasteiger partial charge on any atom is -0.338 e. The van der Waals surface area contributed by atoms with Crippen molar-refractivity contribution in [3.8, 4) is 0 Å². The molecule has 4 nitrogen and oxygen atoms in total. The number of hydrogen-bond acceptors (Lipinski definition) is 2. The van der Waals surface area contributed by atoms with Crippen LogP contribution in [0.5, 0.6) is 0 Å². The Hall–Kier alpha value is -1.55. The molecule has 1 aromatic rings. The summed E-state index contributed by atoms with van der Waals surface area (Å²) in [4.78, 5) is 27.0. The molecule has 2 rings (SSSR count). The molecule has 1 fully saturated rings. The first-order chi connectivity index (χ1) is 8.72. The normalized spacial score (nSPS) is 15.6. The molecule has 1 aromatic carbocycles. The predicted octanol–water partition coefficient (Wildman–Crippen LogP) is 1.21. The van der Waals surface area contributed by atoms with Gasteiger partial charge in [-0.3, -0.25) is 9.59 Å². The Balaban J connectivity index is 1.94. The van der Waals surface area contributed by atoms with Crippen molar-refractivity contribution in [3.05, 3.63) is 35.9 Å². The molecule has 0 atom stereocenters. The zero-order valence-electron chi connectivity index (χ0n) is 10.0. The van der Waals surface area contributed by atoms with Crippen molar-refractivity contribution in [1.29, 1.82) is 0 Å². The molecule has 1 aliphatic heterocycles. The van der Waals surface area contributed by atoms with Crippen LogP contribution >= 0.6 is 11.6 Å². The molecule has 0 aromatic heterocycles. The topological polar surface area (TPSA) is 40.6 Å². The van der Waals surface area contributed by atoms with Crippen molar-refractivity contribution >= 4 is 23.4 Å². The number of halogens is 1. The first kappa shape index (κ1) is 12.9. The van der Waals surface area contributed by atoms with E-state index in [-0.39, 0.29) is 17.7 Å². The van der Waals surface area contributed by atoms with Gasteiger partial charge in [0.15, 0.2) is 0 Å². The Morgan fingerprint density at radius 1 is 1.00 bits per heavy atom. The summed E-state index contributed by atoms with van der Waals surface area (Å²) in [5.74, 6) is -0.0378. The van der Waals surface area contributed by atoms with Gasteiger partial charge < -0.3 is 9.80 Å². The SMILES string of the molecule is O=C(CCl)N1CCN(C(=O)c2ccccc2)CC1. The molecule has 0 radical (unpaired) electrons. The van der Waals surface area contributed by atoms with E-state index in [4.69, 9.17) is 11.6 Å². The zero-order valence-corrected chi connectivity index (χ0v) is 10.8. The van der Waals surface area contributed by atoms with Gasteiger partial charge in [-0.05, 0) is 12.1 Å². The Morgan fingerprint density at radius 3 is 2.11 bits per heavy atom. The smallest absolute Gasteiger partial charge is 0.253 e. The summed E-state index contributed by atoms with van der Waals surface area (Å²) in [6, 6.07) is 9.19. The third-order valence-corrected chi connectivity index (χ3v) is 3.28. The number of piperazine rings is 1. The van der Waals surface area contributed by atoms with Crippen molar-refractivity contribution in [2.24, 2.45) is 0 Å². The standard InChI is InChI=1S/C13H15ClN2O2/c14-10-12(17)15-6-8-16(9-7-15)13(18)11-4-2-1-3-5-11/h1-5H,6-10H2. The van der Waals surface area contributed by atoms with E-state index in [0.29, 0.717) is 31.7 Å². The lowest BCUT2D eigenvalue weighted by atomic mass is 10.2. The summed E-state index contributed by atoms with van der Waals surface area (Å²) >= 11 is 5.51. The van der Waals surface area contributed by atoms with Gasteiger partial charge in [-0.15, -0.1) is 11.6 Å². The Labute approximate surface area is 111 Å². The molecular weight excluding hydrogens is 252 g/mol. The van der Waals surface area contributed by atoms with Crippen LogP contribution in [0.25, 0.3) is 0 Å². The van der Waals surface area contributed by atoms with E-state index in [1.807, 2.05) is 18.2 Å². The lowest BCUT2D eigenvalue weighted by Gasteiger charge is -2.34. The Kier molecular flexibility index (Phi) is 4.20. The largest absolute Gasteiger partial charge is 0.338 e. The van der Waals surface area contributed by atoms with Crippen LogP contribution in [0.1, 0.15) is 10.4 Å². The van der Waals surface area contributed by atoms with Gasteiger partial charge in [-0.1, -0.05) is 18.2 Å². The van der Waals surface area contributed by atoms with Gasteiger partial charge in [0.05, 0.1) is 0 Å². The summed E-state index contributed by atoms with van der Waals surface area (Å²) in [5.41, 5.74) is 0.689. The number of benzene rings is 1. The number of hydrogen-bond donors (Lipinski definition) is 0. The van der Waals surface area contributed by atoms with Crippen molar-refractivity contribution in [2.75, 3.05) is 32.1 Å². The number of carbonyl (C=O) groups is 2. The van der Waals surface area contributed by atoms with Gasteiger partial charge >= 0.3 is 0 Å². The molecule has 0 bridgehead atoms. The van der Waals surface area contributed by atoms with Crippen molar-refractivity contribution in [1.82, 2.24) is 9.80 Å². The van der Waals surface area contributed by atoms with Crippen molar-refractivity contribution < 1.29 is 9.59 Å². The summed E-state index contributed by atoms with van der Waals surface area (Å²) in [5, 5.41) is 0. The van der Waals surface area contributed by atoms with E-state index in [0.717, 1.165) is 0 Å². The average molecular weight is 267 g/mol. The summed E-state index contributed by atoms with van der Waals surface area (Å²) in [7, 11) is 0. The second-order valence-electron chi connectivity index (χ2n) is 4.17. The Morgan fingerprint density at radius 2 is 1.56 bits per heavy atom. The summed E-state index contributed by atoms with van der Waals surface area (Å²) in [6.07, 6.45) is 0. The molecule has 0 saturated carbocycles. The highest BCUT2D eigenvalue weighted by Crippen LogP contribution is 2.09. The average Bonchev–Trinajstić information content (AvgIpc) is 2.47. The highest BCUT2D eigenvalue weighted by Gasteiger charge is 2.23. The Bertz CT molecular complexity index is 428. The van der Waals surface area contributed by atoms with Crippen LogP contribution in [-0.2, 0) is 4.79 Å². The fraction of sp³-hybridized carbons (Fsp3) is 0.385. The van der Waals surface area contributed by atoms with Crippen LogP contribution in [0.15, 0.2) is 30.3 Å². The minimum atomic E-state index is -0.0662. The van der Waals surface area contributed by atoms with Crippen molar-refractivity contribution in [3.63, 3.8) is 0 Å². The van der Waals surface area contributed by atoms with Crippen LogP contribution in [0, 0.1) is 0 Å². The van der Waals surface area contributed by atoms with Crippen LogP contribution in [0.4, 0.5) is 0 Å². The lowest BCUT2D eigenvalue weighted by molar-refractivity contribution is -0.129. The van der Waals surface area contributed by atoms with Crippen LogP contribution < -0.4 is 0 Å². The second-order valence-corrected chi connectivity index (χ2v) is 4.44. The predicted molar refractivity (Wildman–Crippen MR) is 69.6 cm³/mol. The molecule has 0 spiro atoms. The molecule has 0 aliphatic carbocycles. The molecule has 2 amide bonds. The van der Waals surface area contributed by atoms with Gasteiger partial charge in [0.2, 0.25) is 5.91 Å². The number of amides is 2. The number of carbonyl (C=O) groups excluding carboxylic acids is 2. The van der Waals surface area contributed by atoms with Crippen LogP contribution in [0.3, 0.4) is 0 Å². The molecular formula is C13H15ClN2O2. The highest BCUT2D eigenvalue weighted by molar-refractivity contribution is 6.27. The zero-order chi connectivity index (χ0) is 13.0. The molecule has 0 N–H and O–H groups in total. The van der Waals surface area contributed by atoms with Crippen LogP contribution in [-0.4, -0.2) is 53.7 Å². The number of alkyl halides is 1. The summed E-state index contributed by atoms with van der Waals surface area (Å²) < 4.78 is 0. The minimum absolute atomic E-state index is 0.00658. The molecule has 18 heavy (non-hydrogen) atoms. The molecule has 1 heterocycles.